The molecule has 174 valence electrons. The number of allylic oxidation sites excluding steroid dienone is 3. The largest absolute Gasteiger partial charge is 0.496 e. The summed E-state index contributed by atoms with van der Waals surface area (Å²) in [5, 5.41) is 18.2. The number of aliphatic hydroxyl groups excluding tert-OH is 1. The lowest BCUT2D eigenvalue weighted by atomic mass is 9.93. The highest BCUT2D eigenvalue weighted by Gasteiger charge is 2.30. The van der Waals surface area contributed by atoms with Crippen LogP contribution in [0.1, 0.15) is 59.6 Å². The van der Waals surface area contributed by atoms with Gasteiger partial charge in [0, 0.05) is 24.9 Å². The number of carbonyl (C=O) groups is 2. The van der Waals surface area contributed by atoms with E-state index in [1.807, 2.05) is 36.4 Å². The van der Waals surface area contributed by atoms with Gasteiger partial charge in [-0.1, -0.05) is 36.4 Å². The summed E-state index contributed by atoms with van der Waals surface area (Å²) >= 11 is 0. The molecule has 0 radical (unpaired) electrons. The summed E-state index contributed by atoms with van der Waals surface area (Å²) in [6, 6.07) is 7.17. The number of carbonyl (C=O) groups excluding carboxylic acids is 2. The maximum atomic E-state index is 12.1. The summed E-state index contributed by atoms with van der Waals surface area (Å²) in [6.45, 7) is 0.545. The normalized spacial score (nSPS) is 21.2. The lowest BCUT2D eigenvalue weighted by molar-refractivity contribution is -0.117. The fraction of sp³-hybridized carbons (Fsp3) is 0.375. The minimum Gasteiger partial charge on any atom is -0.496 e. The Bertz CT molecular complexity index is 1120. The van der Waals surface area contributed by atoms with E-state index in [0.29, 0.717) is 49.2 Å². The molecule has 1 heterocycles. The molecule has 33 heavy (non-hydrogen) atoms. The molecule has 2 aliphatic carbocycles. The number of rotatable bonds is 8. The van der Waals surface area contributed by atoms with Gasteiger partial charge < -0.3 is 21.3 Å². The van der Waals surface area contributed by atoms with Gasteiger partial charge in [0.2, 0.25) is 0 Å². The number of methoxy groups -OCH3 is 1. The van der Waals surface area contributed by atoms with E-state index in [0.717, 1.165) is 5.57 Å². The van der Waals surface area contributed by atoms with E-state index in [1.165, 1.54) is 0 Å². The third kappa shape index (κ3) is 4.69. The quantitative estimate of drug-likeness (QED) is 0.450. The van der Waals surface area contributed by atoms with E-state index < -0.39 is 12.1 Å². The van der Waals surface area contributed by atoms with Gasteiger partial charge in [-0.25, -0.2) is 4.68 Å². The topological polar surface area (TPSA) is 145 Å². The predicted octanol–water partition coefficient (Wildman–Crippen LogP) is 2.11. The highest BCUT2D eigenvalue weighted by Crippen LogP contribution is 2.34. The molecule has 2 aromatic rings. The SMILES string of the molecule is COc1ccccc1C(O)NCC1C=CC(c2nn(C3CCC(=O)C3)c(N)c2C(N)=O)=CC1. The highest BCUT2D eigenvalue weighted by atomic mass is 16.5. The Kier molecular flexibility index (Phi) is 6.62. The monoisotopic (exact) mass is 451 g/mol. The van der Waals surface area contributed by atoms with Crippen molar-refractivity contribution in [2.24, 2.45) is 11.7 Å². The molecular weight excluding hydrogens is 422 g/mol. The molecule has 9 heteroatoms. The first-order valence-electron chi connectivity index (χ1n) is 11.0. The Balaban J connectivity index is 1.45. The number of nitrogen functional groups attached to an aromatic ring is 1. The molecule has 0 saturated heterocycles. The number of aliphatic hydroxyl groups is 1. The number of anilines is 1. The summed E-state index contributed by atoms with van der Waals surface area (Å²) in [5.74, 6) is 0.489. The van der Waals surface area contributed by atoms with Crippen LogP contribution in [0.2, 0.25) is 0 Å². The van der Waals surface area contributed by atoms with Crippen LogP contribution >= 0.6 is 0 Å². The molecule has 9 nitrogen and oxygen atoms in total. The van der Waals surface area contributed by atoms with E-state index in [9.17, 15) is 14.7 Å². The molecular formula is C24H29N5O4. The number of aromatic nitrogens is 2. The van der Waals surface area contributed by atoms with Gasteiger partial charge in [0.15, 0.2) is 0 Å². The Hall–Kier alpha value is -3.43. The fourth-order valence-electron chi connectivity index (χ4n) is 4.43. The summed E-state index contributed by atoms with van der Waals surface area (Å²) < 4.78 is 6.88. The molecule has 1 saturated carbocycles. The lowest BCUT2D eigenvalue weighted by Crippen LogP contribution is -2.27. The van der Waals surface area contributed by atoms with Crippen LogP contribution in [0.15, 0.2) is 42.5 Å². The van der Waals surface area contributed by atoms with Crippen molar-refractivity contribution < 1.29 is 19.4 Å². The molecule has 4 rings (SSSR count). The van der Waals surface area contributed by atoms with Crippen molar-refractivity contribution in [2.75, 3.05) is 19.4 Å². The molecule has 1 aromatic heterocycles. The van der Waals surface area contributed by atoms with Crippen LogP contribution in [0, 0.1) is 5.92 Å². The smallest absolute Gasteiger partial charge is 0.254 e. The number of nitrogens with zero attached hydrogens (tertiary/aromatic N) is 2. The van der Waals surface area contributed by atoms with Crippen LogP contribution in [0.3, 0.4) is 0 Å². The summed E-state index contributed by atoms with van der Waals surface area (Å²) in [5.41, 5.74) is 13.9. The van der Waals surface area contributed by atoms with Gasteiger partial charge in [0.25, 0.3) is 5.91 Å². The second kappa shape index (κ2) is 9.60. The number of primary amides is 1. The van der Waals surface area contributed by atoms with Gasteiger partial charge in [-0.15, -0.1) is 0 Å². The number of nitrogens with two attached hydrogens (primary N) is 2. The first-order valence-corrected chi connectivity index (χ1v) is 11.0. The third-order valence-electron chi connectivity index (χ3n) is 6.23. The van der Waals surface area contributed by atoms with E-state index in [2.05, 4.69) is 10.4 Å². The van der Waals surface area contributed by atoms with Gasteiger partial charge in [-0.2, -0.15) is 5.10 Å². The Morgan fingerprint density at radius 1 is 1.39 bits per heavy atom. The van der Waals surface area contributed by atoms with Crippen LogP contribution < -0.4 is 21.5 Å². The molecule has 1 amide bonds. The molecule has 1 aromatic carbocycles. The molecule has 3 atom stereocenters. The zero-order valence-corrected chi connectivity index (χ0v) is 18.5. The number of Topliss-reactive ketones (excluding diaryl/α,β-unsaturated/α-hetero) is 1. The zero-order chi connectivity index (χ0) is 23.5. The first kappa shape index (κ1) is 22.8. The second-order valence-corrected chi connectivity index (χ2v) is 8.42. The van der Waals surface area contributed by atoms with Crippen molar-refractivity contribution in [1.82, 2.24) is 15.1 Å². The van der Waals surface area contributed by atoms with E-state index >= 15 is 0 Å². The van der Waals surface area contributed by atoms with Gasteiger partial charge in [-0.05, 0) is 30.4 Å². The number of amides is 1. The van der Waals surface area contributed by atoms with Crippen LogP contribution in [0.4, 0.5) is 5.82 Å². The van der Waals surface area contributed by atoms with Crippen molar-refractivity contribution in [3.63, 3.8) is 0 Å². The second-order valence-electron chi connectivity index (χ2n) is 8.42. The predicted molar refractivity (Wildman–Crippen MR) is 124 cm³/mol. The van der Waals surface area contributed by atoms with Crippen molar-refractivity contribution in [3.8, 4) is 5.75 Å². The maximum absolute atomic E-state index is 12.1. The Morgan fingerprint density at radius 3 is 2.82 bits per heavy atom. The number of hydrogen-bond acceptors (Lipinski definition) is 7. The average Bonchev–Trinajstić information content (AvgIpc) is 3.40. The Labute approximate surface area is 192 Å². The molecule has 0 spiro atoms. The zero-order valence-electron chi connectivity index (χ0n) is 18.5. The number of ether oxygens (including phenoxy) is 1. The van der Waals surface area contributed by atoms with Gasteiger partial charge in [-0.3, -0.25) is 14.9 Å². The van der Waals surface area contributed by atoms with Crippen LogP contribution in [0.25, 0.3) is 5.57 Å². The highest BCUT2D eigenvalue weighted by molar-refractivity contribution is 6.02. The number of ketones is 1. The number of para-hydroxylation sites is 1. The average molecular weight is 452 g/mol. The van der Waals surface area contributed by atoms with Gasteiger partial charge >= 0.3 is 0 Å². The standard InChI is InChI=1S/C24H29N5O4/c1-33-19-5-3-2-4-18(19)24(32)27-13-14-6-8-15(9-7-14)21-20(23(26)31)22(25)29(28-21)16-10-11-17(30)12-16/h2-6,8-9,14,16,24,27,32H,7,10-13,25H2,1H3,(H2,26,31). The summed E-state index contributed by atoms with van der Waals surface area (Å²) in [7, 11) is 1.57. The number of hydrogen-bond donors (Lipinski definition) is 4. The molecule has 6 N–H and O–H groups in total. The summed E-state index contributed by atoms with van der Waals surface area (Å²) in [4.78, 5) is 23.8. The lowest BCUT2D eigenvalue weighted by Gasteiger charge is -2.20. The van der Waals surface area contributed by atoms with Crippen molar-refractivity contribution in [1.29, 1.82) is 0 Å². The van der Waals surface area contributed by atoms with Crippen molar-refractivity contribution >= 4 is 23.1 Å². The number of nitrogens with one attached hydrogen (secondary N) is 1. The third-order valence-corrected chi connectivity index (χ3v) is 6.23. The summed E-state index contributed by atoms with van der Waals surface area (Å²) in [6.07, 6.45) is 7.22. The maximum Gasteiger partial charge on any atom is 0.254 e. The van der Waals surface area contributed by atoms with E-state index in [-0.39, 0.29) is 29.1 Å². The molecule has 0 bridgehead atoms. The van der Waals surface area contributed by atoms with Gasteiger partial charge in [0.1, 0.15) is 34.8 Å². The Morgan fingerprint density at radius 2 is 2.18 bits per heavy atom. The van der Waals surface area contributed by atoms with E-state index in [1.54, 1.807) is 17.9 Å². The minimum absolute atomic E-state index is 0.141. The molecule has 2 aliphatic rings. The van der Waals surface area contributed by atoms with Crippen LogP contribution in [-0.4, -0.2) is 40.2 Å². The van der Waals surface area contributed by atoms with Crippen molar-refractivity contribution in [3.05, 3.63) is 59.3 Å². The molecule has 1 fully saturated rings. The van der Waals surface area contributed by atoms with Crippen LogP contribution in [0.5, 0.6) is 5.75 Å². The van der Waals surface area contributed by atoms with Gasteiger partial charge in [0.05, 0.1) is 13.2 Å². The minimum atomic E-state index is -0.856. The van der Waals surface area contributed by atoms with E-state index in [4.69, 9.17) is 16.2 Å². The number of benzene rings is 1. The van der Waals surface area contributed by atoms with Crippen molar-refractivity contribution in [2.45, 2.75) is 38.0 Å². The first-order chi connectivity index (χ1) is 15.9. The molecule has 3 unspecified atom stereocenters. The van der Waals surface area contributed by atoms with Crippen LogP contribution in [-0.2, 0) is 4.79 Å². The fourth-order valence-corrected chi connectivity index (χ4v) is 4.43. The molecule has 0 aliphatic heterocycles.